The monoisotopic (exact) mass is 209 g/mol. The van der Waals surface area contributed by atoms with E-state index in [1.54, 1.807) is 18.7 Å². The van der Waals surface area contributed by atoms with Crippen molar-refractivity contribution >= 4 is 11.8 Å². The average molecular weight is 209 g/mol. The number of amides is 2. The molecule has 1 N–H and O–H groups in total. The molecular formula is C10H15N3O2. The summed E-state index contributed by atoms with van der Waals surface area (Å²) in [5, 5.41) is 11.1. The summed E-state index contributed by atoms with van der Waals surface area (Å²) < 4.78 is 0. The van der Waals surface area contributed by atoms with E-state index in [-0.39, 0.29) is 30.2 Å². The first-order chi connectivity index (χ1) is 7.04. The Morgan fingerprint density at radius 3 is 2.60 bits per heavy atom. The maximum Gasteiger partial charge on any atom is 0.242 e. The van der Waals surface area contributed by atoms with Crippen molar-refractivity contribution in [2.24, 2.45) is 11.8 Å². The fraction of sp³-hybridized carbons (Fsp3) is 0.700. The Labute approximate surface area is 89.0 Å². The zero-order valence-electron chi connectivity index (χ0n) is 8.99. The summed E-state index contributed by atoms with van der Waals surface area (Å²) >= 11 is 0. The quantitative estimate of drug-likeness (QED) is 0.696. The van der Waals surface area contributed by atoms with Gasteiger partial charge in [0.2, 0.25) is 11.8 Å². The van der Waals surface area contributed by atoms with Gasteiger partial charge in [0.1, 0.15) is 0 Å². The molecule has 5 heteroatoms. The molecule has 0 aromatic heterocycles. The molecule has 5 nitrogen and oxygen atoms in total. The zero-order valence-corrected chi connectivity index (χ0v) is 8.99. The number of nitrogens with zero attached hydrogens (tertiary/aromatic N) is 2. The van der Waals surface area contributed by atoms with Crippen LogP contribution in [0, 0.1) is 23.2 Å². The Hall–Kier alpha value is -1.57. The molecule has 15 heavy (non-hydrogen) atoms. The van der Waals surface area contributed by atoms with Gasteiger partial charge in [0.15, 0.2) is 0 Å². The van der Waals surface area contributed by atoms with Crippen molar-refractivity contribution in [3.05, 3.63) is 0 Å². The minimum absolute atomic E-state index is 0.0326. The Kier molecular flexibility index (Phi) is 3.67. The number of nitrogens with one attached hydrogen (secondary N) is 1. The van der Waals surface area contributed by atoms with Gasteiger partial charge in [0.05, 0.1) is 18.5 Å². The first-order valence-electron chi connectivity index (χ1n) is 4.99. The predicted molar refractivity (Wildman–Crippen MR) is 53.5 cm³/mol. The zero-order chi connectivity index (χ0) is 11.4. The fourth-order valence-corrected chi connectivity index (χ4v) is 1.24. The molecule has 0 aromatic rings. The first-order valence-corrected chi connectivity index (χ1v) is 4.99. The first kappa shape index (κ1) is 11.5. The SMILES string of the molecule is CC(C)C(=O)NCC(=O)N1CC(C#N)C1. The third-order valence-electron chi connectivity index (χ3n) is 2.36. The lowest BCUT2D eigenvalue weighted by atomic mass is 10.0. The molecule has 0 atom stereocenters. The Morgan fingerprint density at radius 2 is 2.13 bits per heavy atom. The molecule has 0 aromatic carbocycles. The van der Waals surface area contributed by atoms with Crippen molar-refractivity contribution in [3.8, 4) is 6.07 Å². The molecule has 0 unspecified atom stereocenters. The van der Waals surface area contributed by atoms with E-state index in [0.29, 0.717) is 13.1 Å². The molecule has 1 rings (SSSR count). The molecule has 1 aliphatic rings. The number of hydrogen-bond donors (Lipinski definition) is 1. The van der Waals surface area contributed by atoms with Gasteiger partial charge in [-0.25, -0.2) is 0 Å². The molecule has 0 radical (unpaired) electrons. The van der Waals surface area contributed by atoms with Crippen molar-refractivity contribution in [1.82, 2.24) is 10.2 Å². The predicted octanol–water partition coefficient (Wildman–Crippen LogP) is -0.259. The van der Waals surface area contributed by atoms with Crippen LogP contribution in [0.5, 0.6) is 0 Å². The van der Waals surface area contributed by atoms with Crippen LogP contribution in [0.3, 0.4) is 0 Å². The fourth-order valence-electron chi connectivity index (χ4n) is 1.24. The van der Waals surface area contributed by atoms with Crippen LogP contribution in [0.1, 0.15) is 13.8 Å². The van der Waals surface area contributed by atoms with Gasteiger partial charge in [-0.05, 0) is 0 Å². The van der Waals surface area contributed by atoms with Gasteiger partial charge in [-0.15, -0.1) is 0 Å². The summed E-state index contributed by atoms with van der Waals surface area (Å²) in [5.41, 5.74) is 0. The largest absolute Gasteiger partial charge is 0.347 e. The van der Waals surface area contributed by atoms with Crippen LogP contribution in [0.4, 0.5) is 0 Å². The van der Waals surface area contributed by atoms with Gasteiger partial charge in [-0.3, -0.25) is 9.59 Å². The van der Waals surface area contributed by atoms with Crippen molar-refractivity contribution in [2.75, 3.05) is 19.6 Å². The maximum absolute atomic E-state index is 11.4. The van der Waals surface area contributed by atoms with Gasteiger partial charge < -0.3 is 10.2 Å². The molecule has 0 spiro atoms. The normalized spacial score (nSPS) is 15.7. The van der Waals surface area contributed by atoms with Gasteiger partial charge in [-0.2, -0.15) is 5.26 Å². The van der Waals surface area contributed by atoms with Crippen molar-refractivity contribution in [2.45, 2.75) is 13.8 Å². The van der Waals surface area contributed by atoms with Crippen molar-refractivity contribution in [1.29, 1.82) is 5.26 Å². The molecule has 82 valence electrons. The second-order valence-electron chi connectivity index (χ2n) is 4.00. The number of hydrogen-bond acceptors (Lipinski definition) is 3. The molecular weight excluding hydrogens is 194 g/mol. The van der Waals surface area contributed by atoms with Crippen LogP contribution >= 0.6 is 0 Å². The molecule has 1 heterocycles. The summed E-state index contributed by atoms with van der Waals surface area (Å²) in [6.07, 6.45) is 0. The third-order valence-corrected chi connectivity index (χ3v) is 2.36. The van der Waals surface area contributed by atoms with Crippen LogP contribution in [0.2, 0.25) is 0 Å². The summed E-state index contributed by atoms with van der Waals surface area (Å²) in [5.74, 6) is -0.382. The number of likely N-dealkylation sites (tertiary alicyclic amines) is 1. The number of rotatable bonds is 3. The standard InChI is InChI=1S/C10H15N3O2/c1-7(2)10(15)12-4-9(14)13-5-8(3-11)6-13/h7-8H,4-6H2,1-2H3,(H,12,15). The van der Waals surface area contributed by atoms with E-state index in [2.05, 4.69) is 11.4 Å². The van der Waals surface area contributed by atoms with Gasteiger partial charge in [0.25, 0.3) is 0 Å². The summed E-state index contributed by atoms with van der Waals surface area (Å²) in [4.78, 5) is 24.2. The topological polar surface area (TPSA) is 73.2 Å². The Bertz CT molecular complexity index is 300. The molecule has 0 aliphatic carbocycles. The Balaban J connectivity index is 2.21. The minimum atomic E-state index is -0.124. The van der Waals surface area contributed by atoms with Gasteiger partial charge in [-0.1, -0.05) is 13.8 Å². The van der Waals surface area contributed by atoms with E-state index < -0.39 is 0 Å². The lowest BCUT2D eigenvalue weighted by Crippen LogP contribution is -2.52. The number of carbonyl (C=O) groups excluding carboxylic acids is 2. The Morgan fingerprint density at radius 1 is 1.53 bits per heavy atom. The summed E-state index contributed by atoms with van der Waals surface area (Å²) in [6.45, 7) is 4.57. The van der Waals surface area contributed by atoms with E-state index in [9.17, 15) is 9.59 Å². The molecule has 1 saturated heterocycles. The lowest BCUT2D eigenvalue weighted by Gasteiger charge is -2.35. The highest BCUT2D eigenvalue weighted by molar-refractivity contribution is 5.85. The molecule has 1 fully saturated rings. The van der Waals surface area contributed by atoms with E-state index in [0.717, 1.165) is 0 Å². The summed E-state index contributed by atoms with van der Waals surface area (Å²) in [7, 11) is 0. The van der Waals surface area contributed by atoms with Crippen molar-refractivity contribution < 1.29 is 9.59 Å². The molecule has 1 aliphatic heterocycles. The second-order valence-corrected chi connectivity index (χ2v) is 4.00. The summed E-state index contributed by atoms with van der Waals surface area (Å²) in [6, 6.07) is 2.09. The third kappa shape index (κ3) is 2.94. The van der Waals surface area contributed by atoms with Crippen LogP contribution in [-0.2, 0) is 9.59 Å². The van der Waals surface area contributed by atoms with Crippen molar-refractivity contribution in [3.63, 3.8) is 0 Å². The number of carbonyl (C=O) groups is 2. The molecule has 2 amide bonds. The lowest BCUT2D eigenvalue weighted by molar-refractivity contribution is -0.137. The van der Waals surface area contributed by atoms with E-state index in [4.69, 9.17) is 5.26 Å². The van der Waals surface area contributed by atoms with Crippen LogP contribution in [-0.4, -0.2) is 36.3 Å². The van der Waals surface area contributed by atoms with Gasteiger partial charge in [0, 0.05) is 19.0 Å². The highest BCUT2D eigenvalue weighted by Crippen LogP contribution is 2.13. The van der Waals surface area contributed by atoms with Crippen LogP contribution in [0.15, 0.2) is 0 Å². The van der Waals surface area contributed by atoms with E-state index >= 15 is 0 Å². The highest BCUT2D eigenvalue weighted by atomic mass is 16.2. The maximum atomic E-state index is 11.4. The smallest absolute Gasteiger partial charge is 0.242 e. The van der Waals surface area contributed by atoms with Gasteiger partial charge >= 0.3 is 0 Å². The van der Waals surface area contributed by atoms with E-state index in [1.165, 1.54) is 0 Å². The molecule has 0 saturated carbocycles. The van der Waals surface area contributed by atoms with E-state index in [1.807, 2.05) is 0 Å². The average Bonchev–Trinajstić information content (AvgIpc) is 2.12. The minimum Gasteiger partial charge on any atom is -0.347 e. The molecule has 0 bridgehead atoms. The number of nitriles is 1. The second kappa shape index (κ2) is 4.78. The highest BCUT2D eigenvalue weighted by Gasteiger charge is 2.30. The van der Waals surface area contributed by atoms with Crippen LogP contribution in [0.25, 0.3) is 0 Å². The van der Waals surface area contributed by atoms with Crippen LogP contribution < -0.4 is 5.32 Å².